The number of aromatic nitrogens is 1. The van der Waals surface area contributed by atoms with Gasteiger partial charge in [-0.1, -0.05) is 55.0 Å². The Morgan fingerprint density at radius 1 is 0.970 bits per heavy atom. The normalized spacial score (nSPS) is 12.1. The van der Waals surface area contributed by atoms with Gasteiger partial charge in [0.1, 0.15) is 11.9 Å². The van der Waals surface area contributed by atoms with Crippen molar-refractivity contribution < 1.29 is 18.7 Å². The highest BCUT2D eigenvalue weighted by atomic mass is 19.1. The van der Waals surface area contributed by atoms with Crippen LogP contribution in [0.4, 0.5) is 9.18 Å². The van der Waals surface area contributed by atoms with Crippen LogP contribution in [0, 0.1) is 5.82 Å². The largest absolute Gasteiger partial charge is 0.428 e. The zero-order valence-corrected chi connectivity index (χ0v) is 18.0. The molecule has 4 aromatic rings. The highest BCUT2D eigenvalue weighted by Gasteiger charge is 2.18. The number of benzene rings is 3. The molecule has 0 aliphatic rings. The van der Waals surface area contributed by atoms with Gasteiger partial charge in [-0.2, -0.15) is 4.57 Å². The number of nitrogens with zero attached hydrogens (tertiary/aromatic N) is 1. The third-order valence-electron chi connectivity index (χ3n) is 5.57. The molecule has 1 amide bonds. The van der Waals surface area contributed by atoms with Crippen molar-refractivity contribution in [2.45, 2.75) is 31.8 Å². The van der Waals surface area contributed by atoms with Gasteiger partial charge in [-0.3, -0.25) is 0 Å². The summed E-state index contributed by atoms with van der Waals surface area (Å²) in [4.78, 5) is 24.9. The molecule has 0 bridgehead atoms. The maximum atomic E-state index is 13.1. The lowest BCUT2D eigenvalue weighted by atomic mass is 10.0. The quantitative estimate of drug-likeness (QED) is 0.380. The number of halogens is 1. The minimum absolute atomic E-state index is 0.191. The minimum Gasteiger partial charge on any atom is -0.407 e. The van der Waals surface area contributed by atoms with Crippen molar-refractivity contribution in [1.82, 2.24) is 9.88 Å². The molecule has 0 fully saturated rings. The molecule has 6 nitrogen and oxygen atoms in total. The zero-order chi connectivity index (χ0) is 23.2. The van der Waals surface area contributed by atoms with Gasteiger partial charge in [-0.25, -0.2) is 14.0 Å². The van der Waals surface area contributed by atoms with Crippen LogP contribution in [-0.2, 0) is 6.42 Å². The Hall–Kier alpha value is -3.71. The molecule has 0 radical (unpaired) electrons. The minimum atomic E-state index is -1.02. The first-order valence-electron chi connectivity index (χ1n) is 10.9. The standard InChI is InChI=1S/C26H25FN2O4/c27-21-13-10-19(11-14-21)24(30)20-12-15-22-23(17-20)33-26(32)29(22)25(31)28-16-6-2-5-9-18-7-3-1-4-8-18/h1,3-4,7-8,10-15,17,24,30H,2,5-6,9,16H2,(H,28,31). The number of nitrogens with one attached hydrogen (secondary N) is 1. The molecule has 7 heteroatoms. The number of unbranched alkanes of at least 4 members (excludes halogenated alkanes) is 2. The van der Waals surface area contributed by atoms with Crippen LogP contribution >= 0.6 is 0 Å². The van der Waals surface area contributed by atoms with Crippen LogP contribution in [0.25, 0.3) is 11.1 Å². The van der Waals surface area contributed by atoms with Gasteiger partial charge < -0.3 is 14.8 Å². The number of amides is 1. The van der Waals surface area contributed by atoms with Crippen LogP contribution in [0.2, 0.25) is 0 Å². The van der Waals surface area contributed by atoms with Gasteiger partial charge in [0.25, 0.3) is 0 Å². The molecule has 33 heavy (non-hydrogen) atoms. The SMILES string of the molecule is O=C(NCCCCCc1ccccc1)n1c(=O)oc2cc(C(O)c3ccc(F)cc3)ccc21. The number of rotatable bonds is 8. The molecule has 1 atom stereocenters. The lowest BCUT2D eigenvalue weighted by Gasteiger charge is -2.11. The molecule has 4 rings (SSSR count). The fourth-order valence-electron chi connectivity index (χ4n) is 3.79. The van der Waals surface area contributed by atoms with Gasteiger partial charge in [-0.15, -0.1) is 0 Å². The Morgan fingerprint density at radius 2 is 1.70 bits per heavy atom. The summed E-state index contributed by atoms with van der Waals surface area (Å²) in [7, 11) is 0. The zero-order valence-electron chi connectivity index (χ0n) is 18.0. The van der Waals surface area contributed by atoms with Gasteiger partial charge in [0, 0.05) is 6.54 Å². The maximum absolute atomic E-state index is 13.1. The van der Waals surface area contributed by atoms with Crippen molar-refractivity contribution >= 4 is 17.1 Å². The van der Waals surface area contributed by atoms with Crippen LogP contribution in [0.1, 0.15) is 42.1 Å². The predicted octanol–water partition coefficient (Wildman–Crippen LogP) is 4.79. The first-order valence-corrected chi connectivity index (χ1v) is 10.9. The van der Waals surface area contributed by atoms with E-state index in [-0.39, 0.29) is 5.58 Å². The van der Waals surface area contributed by atoms with E-state index in [2.05, 4.69) is 17.4 Å². The number of hydrogen-bond acceptors (Lipinski definition) is 4. The summed E-state index contributed by atoms with van der Waals surface area (Å²) in [6, 6.07) is 19.9. The summed E-state index contributed by atoms with van der Waals surface area (Å²) in [5.74, 6) is -1.19. The highest BCUT2D eigenvalue weighted by Crippen LogP contribution is 2.25. The first kappa shape index (κ1) is 22.5. The van der Waals surface area contributed by atoms with Gasteiger partial charge >= 0.3 is 11.8 Å². The van der Waals surface area contributed by atoms with Crippen molar-refractivity contribution in [2.24, 2.45) is 0 Å². The molecule has 0 saturated heterocycles. The Balaban J connectivity index is 1.36. The van der Waals surface area contributed by atoms with Crippen molar-refractivity contribution in [3.63, 3.8) is 0 Å². The predicted molar refractivity (Wildman–Crippen MR) is 124 cm³/mol. The van der Waals surface area contributed by atoms with E-state index < -0.39 is 23.7 Å². The molecule has 170 valence electrons. The summed E-state index contributed by atoms with van der Waals surface area (Å²) in [6.07, 6.45) is 2.76. The lowest BCUT2D eigenvalue weighted by molar-refractivity contribution is 0.220. The van der Waals surface area contributed by atoms with E-state index in [0.29, 0.717) is 23.2 Å². The molecule has 1 unspecified atom stereocenters. The first-order chi connectivity index (χ1) is 16.0. The molecule has 0 saturated carbocycles. The summed E-state index contributed by atoms with van der Waals surface area (Å²) in [5.41, 5.74) is 2.77. The van der Waals surface area contributed by atoms with E-state index in [1.54, 1.807) is 12.1 Å². The van der Waals surface area contributed by atoms with Gasteiger partial charge in [0.2, 0.25) is 0 Å². The van der Waals surface area contributed by atoms with E-state index in [0.717, 1.165) is 30.3 Å². The summed E-state index contributed by atoms with van der Waals surface area (Å²) in [5, 5.41) is 13.3. The van der Waals surface area contributed by atoms with Gasteiger partial charge in [-0.05, 0) is 60.2 Å². The van der Waals surface area contributed by atoms with E-state index in [1.165, 1.54) is 35.9 Å². The number of hydrogen-bond donors (Lipinski definition) is 2. The number of carbonyl (C=O) groups excluding carboxylic acids is 1. The number of aliphatic hydroxyl groups excluding tert-OH is 1. The smallest absolute Gasteiger partial charge is 0.407 e. The molecule has 0 spiro atoms. The van der Waals surface area contributed by atoms with Crippen molar-refractivity contribution in [2.75, 3.05) is 6.54 Å². The molecule has 2 N–H and O–H groups in total. The van der Waals surface area contributed by atoms with Gasteiger partial charge in [0.15, 0.2) is 5.58 Å². The number of aliphatic hydroxyl groups is 1. The monoisotopic (exact) mass is 448 g/mol. The average Bonchev–Trinajstić information content (AvgIpc) is 3.16. The summed E-state index contributed by atoms with van der Waals surface area (Å²) in [6.45, 7) is 0.452. The third-order valence-corrected chi connectivity index (χ3v) is 5.57. The van der Waals surface area contributed by atoms with Crippen LogP contribution < -0.4 is 11.1 Å². The molecular formula is C26H25FN2O4. The summed E-state index contributed by atoms with van der Waals surface area (Å²) >= 11 is 0. The molecule has 1 heterocycles. The van der Waals surface area contributed by atoms with E-state index >= 15 is 0 Å². The molecule has 0 aliphatic carbocycles. The molecular weight excluding hydrogens is 423 g/mol. The fourth-order valence-corrected chi connectivity index (χ4v) is 3.79. The third kappa shape index (κ3) is 5.38. The number of oxazole rings is 1. The second-order valence-electron chi connectivity index (χ2n) is 7.91. The lowest BCUT2D eigenvalue weighted by Crippen LogP contribution is -2.34. The second kappa shape index (κ2) is 10.3. The number of carbonyl (C=O) groups is 1. The fraction of sp³-hybridized carbons (Fsp3) is 0.231. The number of fused-ring (bicyclic) bond motifs is 1. The van der Waals surface area contributed by atoms with Crippen LogP contribution in [0.15, 0.2) is 82.0 Å². The Labute approximate surface area is 190 Å². The Bertz CT molecular complexity index is 1280. The summed E-state index contributed by atoms with van der Waals surface area (Å²) < 4.78 is 19.3. The Morgan fingerprint density at radius 3 is 2.45 bits per heavy atom. The van der Waals surface area contributed by atoms with Crippen molar-refractivity contribution in [3.8, 4) is 0 Å². The van der Waals surface area contributed by atoms with Crippen LogP contribution in [-0.4, -0.2) is 22.2 Å². The molecule has 0 aliphatic heterocycles. The molecule has 1 aromatic heterocycles. The maximum Gasteiger partial charge on any atom is 0.428 e. The topological polar surface area (TPSA) is 84.5 Å². The Kier molecular flexibility index (Phi) is 7.00. The molecule has 3 aromatic carbocycles. The van der Waals surface area contributed by atoms with Gasteiger partial charge in [0.05, 0.1) is 5.52 Å². The van der Waals surface area contributed by atoms with Crippen molar-refractivity contribution in [1.29, 1.82) is 0 Å². The highest BCUT2D eigenvalue weighted by molar-refractivity contribution is 5.88. The van der Waals surface area contributed by atoms with E-state index in [4.69, 9.17) is 4.42 Å². The van der Waals surface area contributed by atoms with Crippen molar-refractivity contribution in [3.05, 3.63) is 106 Å². The van der Waals surface area contributed by atoms with E-state index in [9.17, 15) is 19.1 Å². The second-order valence-corrected chi connectivity index (χ2v) is 7.91. The average molecular weight is 448 g/mol. The van der Waals surface area contributed by atoms with E-state index in [1.807, 2.05) is 18.2 Å². The van der Waals surface area contributed by atoms with Crippen LogP contribution in [0.5, 0.6) is 0 Å². The number of aryl methyl sites for hydroxylation is 1. The van der Waals surface area contributed by atoms with Crippen LogP contribution in [0.3, 0.4) is 0 Å².